The number of nitrogens with zero attached hydrogens (tertiary/aromatic N) is 1. The molecule has 1 amide bonds. The van der Waals surface area contributed by atoms with Crippen molar-refractivity contribution in [3.05, 3.63) is 83.9 Å². The molecule has 1 aliphatic heterocycles. The van der Waals surface area contributed by atoms with Gasteiger partial charge in [-0.05, 0) is 72.5 Å². The molecule has 3 aromatic carbocycles. The zero-order chi connectivity index (χ0) is 22.3. The van der Waals surface area contributed by atoms with Gasteiger partial charge in [-0.3, -0.25) is 9.69 Å². The second-order valence-corrected chi connectivity index (χ2v) is 10.0. The van der Waals surface area contributed by atoms with E-state index in [2.05, 4.69) is 58.7 Å². The predicted molar refractivity (Wildman–Crippen MR) is 124 cm³/mol. The summed E-state index contributed by atoms with van der Waals surface area (Å²) in [5.74, 6) is -0.101. The average Bonchev–Trinajstić information content (AvgIpc) is 3.13. The van der Waals surface area contributed by atoms with Gasteiger partial charge in [-0.15, -0.1) is 0 Å². The van der Waals surface area contributed by atoms with E-state index in [0.717, 1.165) is 25.9 Å². The molecule has 164 valence electrons. The Hall–Kier alpha value is -3.00. The molecular formula is C25H25N3O3S. The maximum atomic E-state index is 12.8. The number of carbonyl (C=O) groups excluding carboxylic acids is 1. The minimum Gasteiger partial charge on any atom is -0.326 e. The fourth-order valence-corrected chi connectivity index (χ4v) is 5.43. The van der Waals surface area contributed by atoms with Crippen molar-refractivity contribution in [2.75, 3.05) is 18.4 Å². The van der Waals surface area contributed by atoms with Crippen molar-refractivity contribution in [3.8, 4) is 11.1 Å². The number of benzene rings is 3. The molecule has 0 atom stereocenters. The summed E-state index contributed by atoms with van der Waals surface area (Å²) in [6.45, 7) is 1.69. The van der Waals surface area contributed by atoms with Crippen molar-refractivity contribution < 1.29 is 13.2 Å². The van der Waals surface area contributed by atoms with E-state index in [1.807, 2.05) is 0 Å². The first-order valence-electron chi connectivity index (χ1n) is 10.8. The Labute approximate surface area is 188 Å². The number of hydrogen-bond acceptors (Lipinski definition) is 4. The van der Waals surface area contributed by atoms with Crippen LogP contribution in [0.25, 0.3) is 11.1 Å². The zero-order valence-electron chi connectivity index (χ0n) is 17.6. The number of anilines is 1. The first kappa shape index (κ1) is 20.9. The highest BCUT2D eigenvalue weighted by Gasteiger charge is 2.35. The topological polar surface area (TPSA) is 92.5 Å². The van der Waals surface area contributed by atoms with Gasteiger partial charge in [0, 0.05) is 11.6 Å². The Kier molecular flexibility index (Phi) is 5.33. The van der Waals surface area contributed by atoms with Gasteiger partial charge in [-0.25, -0.2) is 13.6 Å². The van der Waals surface area contributed by atoms with E-state index in [1.165, 1.54) is 34.4 Å². The van der Waals surface area contributed by atoms with Crippen LogP contribution in [0.5, 0.6) is 0 Å². The van der Waals surface area contributed by atoms with Crippen molar-refractivity contribution >= 4 is 21.6 Å². The first-order chi connectivity index (χ1) is 15.4. The zero-order valence-corrected chi connectivity index (χ0v) is 18.4. The molecule has 1 heterocycles. The summed E-state index contributed by atoms with van der Waals surface area (Å²) in [6, 6.07) is 23.4. The number of fused-ring (bicyclic) bond motifs is 3. The highest BCUT2D eigenvalue weighted by atomic mass is 32.2. The third-order valence-corrected chi connectivity index (χ3v) is 7.45. The Morgan fingerprint density at radius 3 is 1.91 bits per heavy atom. The van der Waals surface area contributed by atoms with Crippen LogP contribution >= 0.6 is 0 Å². The van der Waals surface area contributed by atoms with Crippen LogP contribution in [0.1, 0.15) is 30.0 Å². The molecule has 7 heteroatoms. The standard InChI is InChI=1S/C25H25N3O3S/c26-32(30,31)19-11-9-18(10-12-19)27-25(29)17-13-15-28(16-14-17)24-22-7-3-1-5-20(22)21-6-2-4-8-23(21)24/h1-12,17,24H,13-16H2,(H,27,29)(H2,26,30,31). The van der Waals surface area contributed by atoms with Crippen LogP contribution in [0.4, 0.5) is 5.69 Å². The third kappa shape index (κ3) is 3.83. The minimum absolute atomic E-state index is 0.0276. The lowest BCUT2D eigenvalue weighted by atomic mass is 9.92. The lowest BCUT2D eigenvalue weighted by molar-refractivity contribution is -0.121. The fourth-order valence-electron chi connectivity index (χ4n) is 4.91. The van der Waals surface area contributed by atoms with Crippen molar-refractivity contribution in [1.82, 2.24) is 4.90 Å². The van der Waals surface area contributed by atoms with Crippen LogP contribution in [0.2, 0.25) is 0 Å². The van der Waals surface area contributed by atoms with Crippen LogP contribution in [-0.4, -0.2) is 32.3 Å². The predicted octanol–water partition coefficient (Wildman–Crippen LogP) is 3.75. The molecule has 0 bridgehead atoms. The largest absolute Gasteiger partial charge is 0.326 e. The fraction of sp³-hybridized carbons (Fsp3) is 0.240. The van der Waals surface area contributed by atoms with Gasteiger partial charge >= 0.3 is 0 Å². The SMILES string of the molecule is NS(=O)(=O)c1ccc(NC(=O)C2CCN(C3c4ccccc4-c4ccccc43)CC2)cc1. The molecule has 0 saturated carbocycles. The van der Waals surface area contributed by atoms with Gasteiger partial charge in [-0.1, -0.05) is 48.5 Å². The van der Waals surface area contributed by atoms with Crippen LogP contribution in [-0.2, 0) is 14.8 Å². The van der Waals surface area contributed by atoms with Gasteiger partial charge in [0.2, 0.25) is 15.9 Å². The summed E-state index contributed by atoms with van der Waals surface area (Å²) in [4.78, 5) is 15.3. The first-order valence-corrected chi connectivity index (χ1v) is 12.3. The minimum atomic E-state index is -3.74. The average molecular weight is 448 g/mol. The molecule has 1 aliphatic carbocycles. The van der Waals surface area contributed by atoms with Crippen molar-refractivity contribution in [2.45, 2.75) is 23.8 Å². The number of primary sulfonamides is 1. The van der Waals surface area contributed by atoms with Crippen LogP contribution in [0.15, 0.2) is 77.7 Å². The summed E-state index contributed by atoms with van der Waals surface area (Å²) in [5, 5.41) is 8.04. The monoisotopic (exact) mass is 447 g/mol. The van der Waals surface area contributed by atoms with Crippen molar-refractivity contribution in [3.63, 3.8) is 0 Å². The quantitative estimate of drug-likeness (QED) is 0.637. The number of rotatable bonds is 4. The summed E-state index contributed by atoms with van der Waals surface area (Å²) in [7, 11) is -3.74. The normalized spacial score (nSPS) is 17.0. The molecule has 0 radical (unpaired) electrons. The van der Waals surface area contributed by atoms with Gasteiger partial charge in [0.25, 0.3) is 0 Å². The second kappa shape index (κ2) is 8.16. The van der Waals surface area contributed by atoms with E-state index in [9.17, 15) is 13.2 Å². The van der Waals surface area contributed by atoms with Gasteiger partial charge in [0.05, 0.1) is 10.9 Å². The molecule has 2 aliphatic rings. The second-order valence-electron chi connectivity index (χ2n) is 8.45. The van der Waals surface area contributed by atoms with E-state index in [0.29, 0.717) is 5.69 Å². The maximum absolute atomic E-state index is 12.8. The lowest BCUT2D eigenvalue weighted by Gasteiger charge is -2.36. The van der Waals surface area contributed by atoms with Crippen LogP contribution < -0.4 is 10.5 Å². The molecule has 0 unspecified atom stereocenters. The number of hydrogen-bond donors (Lipinski definition) is 2. The Bertz CT molecular complexity index is 1220. The number of nitrogens with two attached hydrogens (primary N) is 1. The van der Waals surface area contributed by atoms with Gasteiger partial charge in [-0.2, -0.15) is 0 Å². The highest BCUT2D eigenvalue weighted by molar-refractivity contribution is 7.89. The summed E-state index contributed by atoms with van der Waals surface area (Å²) >= 11 is 0. The number of amides is 1. The van der Waals surface area contributed by atoms with Gasteiger partial charge in [0.1, 0.15) is 0 Å². The van der Waals surface area contributed by atoms with E-state index < -0.39 is 10.0 Å². The summed E-state index contributed by atoms with van der Waals surface area (Å²) in [6.07, 6.45) is 1.56. The maximum Gasteiger partial charge on any atom is 0.238 e. The van der Waals surface area contributed by atoms with Crippen molar-refractivity contribution in [1.29, 1.82) is 0 Å². The molecular weight excluding hydrogens is 422 g/mol. The number of piperidine rings is 1. The number of nitrogens with one attached hydrogen (secondary N) is 1. The van der Waals surface area contributed by atoms with E-state index in [1.54, 1.807) is 12.1 Å². The molecule has 1 fully saturated rings. The molecule has 32 heavy (non-hydrogen) atoms. The molecule has 1 saturated heterocycles. The Morgan fingerprint density at radius 1 is 0.844 bits per heavy atom. The summed E-state index contributed by atoms with van der Waals surface area (Å²) in [5.41, 5.74) is 5.85. The van der Waals surface area contributed by atoms with Crippen molar-refractivity contribution in [2.24, 2.45) is 11.1 Å². The third-order valence-electron chi connectivity index (χ3n) is 6.52. The molecule has 0 spiro atoms. The van der Waals surface area contributed by atoms with Crippen LogP contribution in [0.3, 0.4) is 0 Å². The van der Waals surface area contributed by atoms with E-state index >= 15 is 0 Å². The summed E-state index contributed by atoms with van der Waals surface area (Å²) < 4.78 is 22.8. The Balaban J connectivity index is 1.26. The smallest absolute Gasteiger partial charge is 0.238 e. The lowest BCUT2D eigenvalue weighted by Crippen LogP contribution is -2.40. The molecule has 5 rings (SSSR count). The van der Waals surface area contributed by atoms with Gasteiger partial charge in [0.15, 0.2) is 0 Å². The Morgan fingerprint density at radius 2 is 1.38 bits per heavy atom. The molecule has 0 aromatic heterocycles. The number of sulfonamides is 1. The van der Waals surface area contributed by atoms with Crippen LogP contribution in [0, 0.1) is 5.92 Å². The van der Waals surface area contributed by atoms with Gasteiger partial charge < -0.3 is 5.32 Å². The number of likely N-dealkylation sites (tertiary alicyclic amines) is 1. The highest BCUT2D eigenvalue weighted by Crippen LogP contribution is 2.47. The number of carbonyl (C=O) groups is 1. The van der Waals surface area contributed by atoms with E-state index in [-0.39, 0.29) is 22.8 Å². The molecule has 6 nitrogen and oxygen atoms in total. The molecule has 3 aromatic rings. The van der Waals surface area contributed by atoms with E-state index in [4.69, 9.17) is 5.14 Å². The molecule has 3 N–H and O–H groups in total.